The Balaban J connectivity index is 1.75. The van der Waals surface area contributed by atoms with Gasteiger partial charge in [0.15, 0.2) is 0 Å². The van der Waals surface area contributed by atoms with Crippen molar-refractivity contribution in [3.05, 3.63) is 15.6 Å². The Labute approximate surface area is 131 Å². The van der Waals surface area contributed by atoms with E-state index in [2.05, 4.69) is 37.8 Å². The third-order valence-corrected chi connectivity index (χ3v) is 7.49. The first-order chi connectivity index (χ1) is 9.60. The van der Waals surface area contributed by atoms with Gasteiger partial charge >= 0.3 is 0 Å². The van der Waals surface area contributed by atoms with E-state index in [1.54, 1.807) is 4.88 Å². The summed E-state index contributed by atoms with van der Waals surface area (Å²) in [5.41, 5.74) is 1.88. The molecule has 3 rings (SSSR count). The molecule has 20 heavy (non-hydrogen) atoms. The average Bonchev–Trinajstić information content (AvgIpc) is 2.91. The fourth-order valence-electron chi connectivity index (χ4n) is 3.22. The van der Waals surface area contributed by atoms with Gasteiger partial charge in [-0.15, -0.1) is 11.3 Å². The van der Waals surface area contributed by atoms with E-state index in [4.69, 9.17) is 4.98 Å². The molecule has 0 amide bonds. The lowest BCUT2D eigenvalue weighted by molar-refractivity contribution is 0.183. The number of aryl methyl sites for hydroxylation is 1. The fourth-order valence-corrected chi connectivity index (χ4v) is 5.54. The van der Waals surface area contributed by atoms with E-state index in [0.717, 1.165) is 12.5 Å². The molecule has 1 aliphatic carbocycles. The number of nitrogens with zero attached hydrogens (tertiary/aromatic N) is 1. The largest absolute Gasteiger partial charge is 0.306 e. The van der Waals surface area contributed by atoms with Gasteiger partial charge in [-0.3, -0.25) is 0 Å². The van der Waals surface area contributed by atoms with Crippen LogP contribution in [0.1, 0.15) is 55.2 Å². The first-order valence-electron chi connectivity index (χ1n) is 7.89. The number of rotatable bonds is 3. The number of aromatic nitrogens is 1. The molecule has 1 aromatic rings. The molecule has 2 atom stereocenters. The van der Waals surface area contributed by atoms with E-state index in [1.807, 2.05) is 11.3 Å². The van der Waals surface area contributed by atoms with Crippen molar-refractivity contribution in [3.8, 4) is 0 Å². The van der Waals surface area contributed by atoms with Crippen LogP contribution in [0.4, 0.5) is 0 Å². The molecule has 2 nitrogen and oxygen atoms in total. The zero-order valence-corrected chi connectivity index (χ0v) is 14.5. The minimum absolute atomic E-state index is 0.473. The highest BCUT2D eigenvalue weighted by Crippen LogP contribution is 2.42. The summed E-state index contributed by atoms with van der Waals surface area (Å²) in [6.07, 6.45) is 5.05. The Morgan fingerprint density at radius 2 is 2.25 bits per heavy atom. The molecule has 2 aliphatic rings. The molecule has 1 fully saturated rings. The first kappa shape index (κ1) is 14.9. The second-order valence-corrected chi connectivity index (χ2v) is 9.05. The maximum Gasteiger partial charge on any atom is 0.111 e. The second-order valence-electron chi connectivity index (χ2n) is 6.79. The molecular formula is C16H26N2S2. The van der Waals surface area contributed by atoms with Gasteiger partial charge in [0.05, 0.1) is 11.7 Å². The number of thioether (sulfide) groups is 1. The lowest BCUT2D eigenvalue weighted by Gasteiger charge is -2.35. The molecular weight excluding hydrogens is 284 g/mol. The predicted octanol–water partition coefficient (Wildman–Crippen LogP) is 4.06. The summed E-state index contributed by atoms with van der Waals surface area (Å²) < 4.78 is 0. The maximum absolute atomic E-state index is 4.96. The third kappa shape index (κ3) is 2.93. The molecule has 2 heterocycles. The van der Waals surface area contributed by atoms with Gasteiger partial charge in [0.2, 0.25) is 0 Å². The first-order valence-corrected chi connectivity index (χ1v) is 9.87. The molecule has 0 bridgehead atoms. The van der Waals surface area contributed by atoms with E-state index in [1.165, 1.54) is 47.9 Å². The van der Waals surface area contributed by atoms with Crippen LogP contribution in [0.5, 0.6) is 0 Å². The van der Waals surface area contributed by atoms with Gasteiger partial charge in [-0.05, 0) is 30.6 Å². The molecule has 0 aromatic carbocycles. The number of fused-ring (bicyclic) bond motifs is 1. The molecule has 1 aromatic heterocycles. The van der Waals surface area contributed by atoms with Crippen LogP contribution in [0, 0.1) is 11.3 Å². The zero-order chi connectivity index (χ0) is 14.2. The van der Waals surface area contributed by atoms with E-state index >= 15 is 0 Å². The van der Waals surface area contributed by atoms with Crippen LogP contribution >= 0.6 is 23.1 Å². The van der Waals surface area contributed by atoms with E-state index in [-0.39, 0.29) is 0 Å². The van der Waals surface area contributed by atoms with Crippen LogP contribution < -0.4 is 5.32 Å². The Kier molecular flexibility index (Phi) is 4.44. The smallest absolute Gasteiger partial charge is 0.111 e. The van der Waals surface area contributed by atoms with Crippen LogP contribution in [0.2, 0.25) is 0 Å². The van der Waals surface area contributed by atoms with Crippen molar-refractivity contribution in [2.24, 2.45) is 11.3 Å². The molecule has 1 saturated heterocycles. The molecule has 2 unspecified atom stereocenters. The van der Waals surface area contributed by atoms with Crippen molar-refractivity contribution in [1.82, 2.24) is 10.3 Å². The summed E-state index contributed by atoms with van der Waals surface area (Å²) in [5.74, 6) is 3.27. The lowest BCUT2D eigenvalue weighted by atomic mass is 9.70. The Morgan fingerprint density at radius 1 is 1.40 bits per heavy atom. The van der Waals surface area contributed by atoms with Crippen LogP contribution in [-0.2, 0) is 12.8 Å². The van der Waals surface area contributed by atoms with Gasteiger partial charge in [0.25, 0.3) is 0 Å². The van der Waals surface area contributed by atoms with Crippen molar-refractivity contribution in [2.75, 3.05) is 18.1 Å². The number of hydrogen-bond donors (Lipinski definition) is 1. The third-order valence-electron chi connectivity index (χ3n) is 5.19. The van der Waals surface area contributed by atoms with Crippen LogP contribution in [0.3, 0.4) is 0 Å². The number of thiazole rings is 1. The lowest BCUT2D eigenvalue weighted by Crippen LogP contribution is -2.30. The quantitative estimate of drug-likeness (QED) is 0.911. The zero-order valence-electron chi connectivity index (χ0n) is 12.9. The van der Waals surface area contributed by atoms with Crippen LogP contribution in [-0.4, -0.2) is 23.0 Å². The van der Waals surface area contributed by atoms with Gasteiger partial charge in [-0.1, -0.05) is 27.2 Å². The summed E-state index contributed by atoms with van der Waals surface area (Å²) in [7, 11) is 0. The summed E-state index contributed by atoms with van der Waals surface area (Å²) in [6, 6.07) is 0.502. The van der Waals surface area contributed by atoms with Crippen molar-refractivity contribution < 1.29 is 0 Å². The maximum atomic E-state index is 4.96. The Hall–Kier alpha value is -0.0600. The number of nitrogens with one attached hydrogen (secondary N) is 1. The van der Waals surface area contributed by atoms with Gasteiger partial charge in [0, 0.05) is 22.9 Å². The van der Waals surface area contributed by atoms with Crippen molar-refractivity contribution >= 4 is 23.1 Å². The predicted molar refractivity (Wildman–Crippen MR) is 89.8 cm³/mol. The minimum atomic E-state index is 0.473. The normalized spacial score (nSPS) is 27.4. The summed E-state index contributed by atoms with van der Waals surface area (Å²) in [6.45, 7) is 8.33. The molecule has 1 aliphatic heterocycles. The SMILES string of the molecule is CCC(C)(C)C1CCc2nc(C3CSCCN3)sc2C1. The minimum Gasteiger partial charge on any atom is -0.306 e. The fraction of sp³-hybridized carbons (Fsp3) is 0.812. The summed E-state index contributed by atoms with van der Waals surface area (Å²) in [5, 5.41) is 4.97. The van der Waals surface area contributed by atoms with Crippen LogP contribution in [0.15, 0.2) is 0 Å². The highest BCUT2D eigenvalue weighted by molar-refractivity contribution is 7.99. The molecule has 1 N–H and O–H groups in total. The van der Waals surface area contributed by atoms with E-state index in [9.17, 15) is 0 Å². The van der Waals surface area contributed by atoms with Gasteiger partial charge < -0.3 is 5.32 Å². The second kappa shape index (κ2) is 5.98. The molecule has 112 valence electrons. The molecule has 4 heteroatoms. The standard InChI is InChI=1S/C16H26N2S2/c1-4-16(2,3)11-5-6-12-14(9-11)20-15(18-12)13-10-19-8-7-17-13/h11,13,17H,4-10H2,1-3H3. The Morgan fingerprint density at radius 3 is 2.95 bits per heavy atom. The van der Waals surface area contributed by atoms with E-state index in [0.29, 0.717) is 11.5 Å². The van der Waals surface area contributed by atoms with Crippen molar-refractivity contribution in [1.29, 1.82) is 0 Å². The van der Waals surface area contributed by atoms with Gasteiger partial charge in [0.1, 0.15) is 5.01 Å². The molecule has 0 radical (unpaired) electrons. The average molecular weight is 311 g/mol. The Bertz CT molecular complexity index is 461. The van der Waals surface area contributed by atoms with Crippen LogP contribution in [0.25, 0.3) is 0 Å². The topological polar surface area (TPSA) is 24.9 Å². The number of hydrogen-bond acceptors (Lipinski definition) is 4. The molecule has 0 saturated carbocycles. The summed E-state index contributed by atoms with van der Waals surface area (Å²) in [4.78, 5) is 6.54. The monoisotopic (exact) mass is 310 g/mol. The van der Waals surface area contributed by atoms with Crippen molar-refractivity contribution in [2.45, 2.75) is 52.5 Å². The van der Waals surface area contributed by atoms with Gasteiger partial charge in [-0.25, -0.2) is 4.98 Å². The summed E-state index contributed by atoms with van der Waals surface area (Å²) >= 11 is 4.04. The highest BCUT2D eigenvalue weighted by atomic mass is 32.2. The van der Waals surface area contributed by atoms with Gasteiger partial charge in [-0.2, -0.15) is 11.8 Å². The molecule has 0 spiro atoms. The van der Waals surface area contributed by atoms with E-state index < -0.39 is 0 Å². The van der Waals surface area contributed by atoms with Crippen molar-refractivity contribution in [3.63, 3.8) is 0 Å². The highest BCUT2D eigenvalue weighted by Gasteiger charge is 2.33.